The van der Waals surface area contributed by atoms with Crippen molar-refractivity contribution in [2.75, 3.05) is 13.1 Å². The Bertz CT molecular complexity index is 1760. The summed E-state index contributed by atoms with van der Waals surface area (Å²) in [5.41, 5.74) is 2.37. The molecule has 234 valence electrons. The highest BCUT2D eigenvalue weighted by Gasteiger charge is 2.43. The summed E-state index contributed by atoms with van der Waals surface area (Å²) in [7, 11) is 0. The van der Waals surface area contributed by atoms with Crippen molar-refractivity contribution in [1.29, 1.82) is 5.26 Å². The molecule has 1 saturated heterocycles. The lowest BCUT2D eigenvalue weighted by molar-refractivity contribution is -0.136. The van der Waals surface area contributed by atoms with Crippen molar-refractivity contribution in [3.63, 3.8) is 0 Å². The van der Waals surface area contributed by atoms with Gasteiger partial charge in [-0.2, -0.15) is 5.26 Å². The number of aromatic nitrogens is 3. The number of rotatable bonds is 12. The summed E-state index contributed by atoms with van der Waals surface area (Å²) in [5.74, 6) is -0.991. The van der Waals surface area contributed by atoms with Gasteiger partial charge in [0.1, 0.15) is 30.0 Å². The fourth-order valence-corrected chi connectivity index (χ4v) is 5.95. The molecule has 3 heterocycles. The van der Waals surface area contributed by atoms with E-state index < -0.39 is 17.6 Å². The molecule has 2 fully saturated rings. The Hall–Kier alpha value is -4.27. The van der Waals surface area contributed by atoms with Crippen LogP contribution in [-0.4, -0.2) is 49.7 Å². The van der Waals surface area contributed by atoms with Gasteiger partial charge in [-0.25, -0.2) is 18.7 Å². The topological polar surface area (TPSA) is 114 Å². The van der Waals surface area contributed by atoms with E-state index in [9.17, 15) is 23.9 Å². The normalized spacial score (nSPS) is 16.4. The molecule has 2 aromatic heterocycles. The first-order chi connectivity index (χ1) is 21.7. The number of carboxylic acid groups (broad SMARTS) is 1. The molecule has 1 saturated carbocycles. The van der Waals surface area contributed by atoms with E-state index in [2.05, 4.69) is 20.5 Å². The summed E-state index contributed by atoms with van der Waals surface area (Å²) >= 11 is 5.78. The number of imidazole rings is 1. The third-order valence-electron chi connectivity index (χ3n) is 8.49. The largest absolute Gasteiger partial charge is 0.484 e. The number of aliphatic carboxylic acids is 1. The van der Waals surface area contributed by atoms with Gasteiger partial charge in [-0.1, -0.05) is 17.7 Å². The van der Waals surface area contributed by atoms with E-state index in [0.29, 0.717) is 25.1 Å². The highest BCUT2D eigenvalue weighted by Crippen LogP contribution is 2.50. The molecule has 6 rings (SSSR count). The van der Waals surface area contributed by atoms with Gasteiger partial charge < -0.3 is 19.1 Å². The maximum atomic E-state index is 14.4. The van der Waals surface area contributed by atoms with E-state index in [-0.39, 0.29) is 46.9 Å². The number of likely N-dealkylation sites (tertiary alicyclic amines) is 1. The van der Waals surface area contributed by atoms with Gasteiger partial charge in [0.15, 0.2) is 11.6 Å². The molecule has 0 unspecified atom stereocenters. The molecule has 0 radical (unpaired) electrons. The highest BCUT2D eigenvalue weighted by molar-refractivity contribution is 6.30. The number of nitrogens with zero attached hydrogens (tertiary/aromatic N) is 5. The Balaban J connectivity index is 1.10. The van der Waals surface area contributed by atoms with Gasteiger partial charge in [0.05, 0.1) is 30.1 Å². The van der Waals surface area contributed by atoms with Crippen LogP contribution in [0.25, 0.3) is 11.0 Å². The predicted octanol–water partition coefficient (Wildman–Crippen LogP) is 6.31. The molecule has 1 N–H and O–H groups in total. The fraction of sp³-hybridized carbons (Fsp3) is 0.394. The molecule has 45 heavy (non-hydrogen) atoms. The van der Waals surface area contributed by atoms with E-state index >= 15 is 0 Å². The van der Waals surface area contributed by atoms with Crippen molar-refractivity contribution in [2.45, 2.75) is 64.3 Å². The number of hydrogen-bond acceptors (Lipinski definition) is 7. The number of fused-ring (bicyclic) bond motifs is 1. The van der Waals surface area contributed by atoms with Crippen LogP contribution in [0.5, 0.6) is 11.6 Å². The smallest absolute Gasteiger partial charge is 0.307 e. The zero-order chi connectivity index (χ0) is 31.6. The first-order valence-corrected chi connectivity index (χ1v) is 15.3. The summed E-state index contributed by atoms with van der Waals surface area (Å²) < 4.78 is 42.2. The van der Waals surface area contributed by atoms with Crippen LogP contribution in [0.1, 0.15) is 49.2 Å². The summed E-state index contributed by atoms with van der Waals surface area (Å²) in [6, 6.07) is 14.6. The van der Waals surface area contributed by atoms with Crippen LogP contribution in [0.3, 0.4) is 0 Å². The molecule has 2 aliphatic rings. The van der Waals surface area contributed by atoms with Gasteiger partial charge in [0.25, 0.3) is 0 Å². The standard InChI is InChI=1S/C33H32ClF2N5O4/c34-22-2-5-29(25(36)17-22)44-19-27-24(35)3-6-31(39-27)45-23-7-13-40(14-8-23)18-30-38-26-4-1-21(16-32(42)43)15-28(26)41(30)20-33(9-10-33)11-12-37/h1-6,15,17,23H,7-11,13-14,16,18-20H2,(H,42,43). The number of benzene rings is 2. The first-order valence-electron chi connectivity index (χ1n) is 14.9. The minimum absolute atomic E-state index is 0.00883. The fourth-order valence-electron chi connectivity index (χ4n) is 5.80. The molecule has 0 spiro atoms. The molecule has 0 amide bonds. The first kappa shape index (κ1) is 30.7. The van der Waals surface area contributed by atoms with E-state index in [0.717, 1.165) is 61.7 Å². The van der Waals surface area contributed by atoms with Crippen LogP contribution in [0, 0.1) is 28.4 Å². The summed E-state index contributed by atoms with van der Waals surface area (Å²) in [6.07, 6.45) is 3.72. The third kappa shape index (κ3) is 7.35. The Morgan fingerprint density at radius 1 is 1.09 bits per heavy atom. The number of carboxylic acids is 1. The molecular weight excluding hydrogens is 604 g/mol. The van der Waals surface area contributed by atoms with E-state index in [4.69, 9.17) is 26.1 Å². The zero-order valence-corrected chi connectivity index (χ0v) is 25.3. The minimum Gasteiger partial charge on any atom is -0.484 e. The SMILES string of the molecule is N#CCC1(Cn2c(CN3CCC(Oc4ccc(F)c(COc5ccc(Cl)cc5F)n4)CC3)nc3ccc(CC(=O)O)cc32)CC1. The van der Waals surface area contributed by atoms with Crippen molar-refractivity contribution in [1.82, 2.24) is 19.4 Å². The molecule has 1 aliphatic heterocycles. The van der Waals surface area contributed by atoms with Crippen molar-refractivity contribution < 1.29 is 28.2 Å². The Labute approximate surface area is 264 Å². The number of nitriles is 1. The van der Waals surface area contributed by atoms with Crippen LogP contribution < -0.4 is 9.47 Å². The molecule has 9 nitrogen and oxygen atoms in total. The Morgan fingerprint density at radius 2 is 1.89 bits per heavy atom. The van der Waals surface area contributed by atoms with Gasteiger partial charge in [0.2, 0.25) is 5.88 Å². The second-order valence-corrected chi connectivity index (χ2v) is 12.3. The lowest BCUT2D eigenvalue weighted by atomic mass is 10.0. The maximum absolute atomic E-state index is 14.4. The number of hydrogen-bond donors (Lipinski definition) is 1. The molecule has 1 aliphatic carbocycles. The Morgan fingerprint density at radius 3 is 2.60 bits per heavy atom. The van der Waals surface area contributed by atoms with Gasteiger partial charge in [-0.05, 0) is 67.6 Å². The van der Waals surface area contributed by atoms with E-state index in [1.54, 1.807) is 6.07 Å². The highest BCUT2D eigenvalue weighted by atomic mass is 35.5. The number of ether oxygens (including phenoxy) is 2. The minimum atomic E-state index is -0.886. The average molecular weight is 636 g/mol. The average Bonchev–Trinajstić information content (AvgIpc) is 3.69. The second kappa shape index (κ2) is 13.0. The van der Waals surface area contributed by atoms with Gasteiger partial charge in [-0.15, -0.1) is 0 Å². The van der Waals surface area contributed by atoms with Crippen LogP contribution in [0.15, 0.2) is 48.5 Å². The molecule has 12 heteroatoms. The van der Waals surface area contributed by atoms with Crippen LogP contribution in [0.2, 0.25) is 5.02 Å². The molecule has 0 bridgehead atoms. The zero-order valence-electron chi connectivity index (χ0n) is 24.5. The molecular formula is C33H32ClF2N5O4. The monoisotopic (exact) mass is 635 g/mol. The summed E-state index contributed by atoms with van der Waals surface area (Å²) in [5, 5.41) is 18.9. The molecule has 4 aromatic rings. The Kier molecular flexibility index (Phi) is 8.88. The number of pyridine rings is 1. The van der Waals surface area contributed by atoms with Crippen molar-refractivity contribution in [2.24, 2.45) is 5.41 Å². The molecule has 2 aromatic carbocycles. The molecule has 0 atom stereocenters. The number of carbonyl (C=O) groups is 1. The summed E-state index contributed by atoms with van der Waals surface area (Å²) in [4.78, 5) is 22.8. The maximum Gasteiger partial charge on any atom is 0.307 e. The second-order valence-electron chi connectivity index (χ2n) is 11.9. The third-order valence-corrected chi connectivity index (χ3v) is 8.73. The van der Waals surface area contributed by atoms with Crippen molar-refractivity contribution in [3.8, 4) is 17.7 Å². The van der Waals surface area contributed by atoms with Gasteiger partial charge in [-0.3, -0.25) is 9.69 Å². The van der Waals surface area contributed by atoms with Gasteiger partial charge >= 0.3 is 5.97 Å². The lowest BCUT2D eigenvalue weighted by Gasteiger charge is -2.32. The predicted molar refractivity (Wildman–Crippen MR) is 162 cm³/mol. The summed E-state index contributed by atoms with van der Waals surface area (Å²) in [6.45, 7) is 2.50. The van der Waals surface area contributed by atoms with Crippen LogP contribution in [0.4, 0.5) is 8.78 Å². The number of piperidine rings is 1. The number of halogens is 3. The van der Waals surface area contributed by atoms with E-state index in [1.807, 2.05) is 12.1 Å². The van der Waals surface area contributed by atoms with Gasteiger partial charge in [0, 0.05) is 42.6 Å². The van der Waals surface area contributed by atoms with Crippen LogP contribution >= 0.6 is 11.6 Å². The van der Waals surface area contributed by atoms with E-state index in [1.165, 1.54) is 24.3 Å². The quantitative estimate of drug-likeness (QED) is 0.193. The van der Waals surface area contributed by atoms with Crippen molar-refractivity contribution >= 4 is 28.6 Å². The van der Waals surface area contributed by atoms with Crippen molar-refractivity contribution in [3.05, 3.63) is 82.3 Å². The lowest BCUT2D eigenvalue weighted by Crippen LogP contribution is -2.38. The van der Waals surface area contributed by atoms with Crippen LogP contribution in [-0.2, 0) is 30.9 Å².